The summed E-state index contributed by atoms with van der Waals surface area (Å²) in [6.07, 6.45) is 0.139. The van der Waals surface area contributed by atoms with E-state index in [9.17, 15) is 4.79 Å². The van der Waals surface area contributed by atoms with Crippen molar-refractivity contribution in [3.8, 4) is 11.5 Å². The van der Waals surface area contributed by atoms with E-state index in [0.29, 0.717) is 12.5 Å². The molecule has 0 aliphatic rings. The maximum Gasteiger partial charge on any atom is 0.243 e. The van der Waals surface area contributed by atoms with Gasteiger partial charge in [0, 0.05) is 17.4 Å². The van der Waals surface area contributed by atoms with Crippen LogP contribution < -0.4 is 20.1 Å². The highest BCUT2D eigenvalue weighted by Gasteiger charge is 2.05. The number of nitrogens with one attached hydrogen (secondary N) is 2. The smallest absolute Gasteiger partial charge is 0.243 e. The van der Waals surface area contributed by atoms with Crippen molar-refractivity contribution in [3.05, 3.63) is 48.5 Å². The molecule has 0 saturated heterocycles. The number of ether oxygens (including phenoxy) is 2. The largest absolute Gasteiger partial charge is 0.493 e. The molecule has 0 aromatic heterocycles. The molecule has 0 fully saturated rings. The van der Waals surface area contributed by atoms with Crippen molar-refractivity contribution in [1.82, 2.24) is 0 Å². The molecule has 0 saturated carbocycles. The molecule has 2 N–H and O–H groups in total. The molecule has 0 radical (unpaired) electrons. The second-order valence-electron chi connectivity index (χ2n) is 6.83. The lowest BCUT2D eigenvalue weighted by Crippen LogP contribution is -2.21. The molecule has 2 rings (SSSR count). The lowest BCUT2D eigenvalue weighted by Gasteiger charge is -2.12. The summed E-state index contributed by atoms with van der Waals surface area (Å²) in [7, 11) is 0. The van der Waals surface area contributed by atoms with Crippen LogP contribution in [0.15, 0.2) is 48.5 Å². The molecular formula is C21H28N2O3. The van der Waals surface area contributed by atoms with E-state index in [4.69, 9.17) is 9.47 Å². The van der Waals surface area contributed by atoms with Gasteiger partial charge in [-0.15, -0.1) is 0 Å². The summed E-state index contributed by atoms with van der Waals surface area (Å²) >= 11 is 0. The standard InChI is InChI=1S/C21H28N2O3/c1-15(2)14-25-20-7-5-6-18(12-20)23-21(24)13-22-17-8-10-19(11-9-17)26-16(3)4/h5-12,15-16,22H,13-14H2,1-4H3,(H,23,24). The van der Waals surface area contributed by atoms with Gasteiger partial charge in [0.15, 0.2) is 0 Å². The van der Waals surface area contributed by atoms with Crippen molar-refractivity contribution >= 4 is 17.3 Å². The Morgan fingerprint density at radius 3 is 2.35 bits per heavy atom. The minimum absolute atomic E-state index is 0.117. The SMILES string of the molecule is CC(C)COc1cccc(NC(=O)CNc2ccc(OC(C)C)cc2)c1. The molecule has 1 amide bonds. The molecule has 5 heteroatoms. The van der Waals surface area contributed by atoms with Crippen LogP contribution in [0.4, 0.5) is 11.4 Å². The Labute approximate surface area is 155 Å². The number of amides is 1. The van der Waals surface area contributed by atoms with Crippen LogP contribution in [0.1, 0.15) is 27.7 Å². The van der Waals surface area contributed by atoms with E-state index in [1.165, 1.54) is 0 Å². The average Bonchev–Trinajstić information content (AvgIpc) is 2.59. The zero-order chi connectivity index (χ0) is 18.9. The van der Waals surface area contributed by atoms with E-state index in [2.05, 4.69) is 24.5 Å². The summed E-state index contributed by atoms with van der Waals surface area (Å²) in [6.45, 7) is 8.99. The van der Waals surface area contributed by atoms with Crippen molar-refractivity contribution < 1.29 is 14.3 Å². The number of carbonyl (C=O) groups is 1. The summed E-state index contributed by atoms with van der Waals surface area (Å²) in [4.78, 5) is 12.1. The Hall–Kier alpha value is -2.69. The van der Waals surface area contributed by atoms with Gasteiger partial charge in [-0.1, -0.05) is 19.9 Å². The lowest BCUT2D eigenvalue weighted by atomic mass is 10.2. The van der Waals surface area contributed by atoms with Crippen LogP contribution in [-0.2, 0) is 4.79 Å². The summed E-state index contributed by atoms with van der Waals surface area (Å²) in [5.74, 6) is 1.90. The topological polar surface area (TPSA) is 59.6 Å². The summed E-state index contributed by atoms with van der Waals surface area (Å²) in [6, 6.07) is 15.0. The van der Waals surface area contributed by atoms with E-state index in [1.54, 1.807) is 0 Å². The number of hydrogen-bond acceptors (Lipinski definition) is 4. The second-order valence-corrected chi connectivity index (χ2v) is 6.83. The first-order valence-electron chi connectivity index (χ1n) is 8.95. The highest BCUT2D eigenvalue weighted by Crippen LogP contribution is 2.19. The third-order valence-corrected chi connectivity index (χ3v) is 3.38. The Morgan fingerprint density at radius 2 is 1.69 bits per heavy atom. The summed E-state index contributed by atoms with van der Waals surface area (Å²) < 4.78 is 11.3. The van der Waals surface area contributed by atoms with Crippen molar-refractivity contribution in [2.75, 3.05) is 23.8 Å². The lowest BCUT2D eigenvalue weighted by molar-refractivity contribution is -0.114. The third kappa shape index (κ3) is 7.05. The van der Waals surface area contributed by atoms with Crippen molar-refractivity contribution in [3.63, 3.8) is 0 Å². The monoisotopic (exact) mass is 356 g/mol. The fraction of sp³-hybridized carbons (Fsp3) is 0.381. The Kier molecular flexibility index (Phi) is 7.33. The fourth-order valence-electron chi connectivity index (χ4n) is 2.24. The van der Waals surface area contributed by atoms with Gasteiger partial charge in [-0.25, -0.2) is 0 Å². The van der Waals surface area contributed by atoms with Gasteiger partial charge >= 0.3 is 0 Å². The Balaban J connectivity index is 1.82. The highest BCUT2D eigenvalue weighted by atomic mass is 16.5. The predicted molar refractivity (Wildman–Crippen MR) is 106 cm³/mol. The van der Waals surface area contributed by atoms with Gasteiger partial charge in [-0.3, -0.25) is 4.79 Å². The van der Waals surface area contributed by atoms with Gasteiger partial charge in [0.2, 0.25) is 5.91 Å². The first-order chi connectivity index (χ1) is 12.4. The molecule has 0 spiro atoms. The Bertz CT molecular complexity index is 697. The average molecular weight is 356 g/mol. The van der Waals surface area contributed by atoms with Crippen LogP contribution in [0, 0.1) is 5.92 Å². The van der Waals surface area contributed by atoms with Crippen LogP contribution in [0.3, 0.4) is 0 Å². The van der Waals surface area contributed by atoms with Gasteiger partial charge in [0.25, 0.3) is 0 Å². The fourth-order valence-corrected chi connectivity index (χ4v) is 2.24. The molecule has 0 unspecified atom stereocenters. The van der Waals surface area contributed by atoms with Gasteiger partial charge in [-0.2, -0.15) is 0 Å². The number of hydrogen-bond donors (Lipinski definition) is 2. The summed E-state index contributed by atoms with van der Waals surface area (Å²) in [5.41, 5.74) is 1.59. The van der Waals surface area contributed by atoms with Crippen LogP contribution in [0.25, 0.3) is 0 Å². The van der Waals surface area contributed by atoms with Gasteiger partial charge in [0.05, 0.1) is 19.3 Å². The maximum absolute atomic E-state index is 12.1. The normalized spacial score (nSPS) is 10.7. The molecule has 2 aromatic rings. The molecule has 0 bridgehead atoms. The van der Waals surface area contributed by atoms with Crippen LogP contribution >= 0.6 is 0 Å². The Morgan fingerprint density at radius 1 is 0.962 bits per heavy atom. The number of carbonyl (C=O) groups excluding carboxylic acids is 1. The van der Waals surface area contributed by atoms with E-state index >= 15 is 0 Å². The van der Waals surface area contributed by atoms with Crippen molar-refractivity contribution in [2.45, 2.75) is 33.8 Å². The molecule has 0 atom stereocenters. The molecular weight excluding hydrogens is 328 g/mol. The van der Waals surface area contributed by atoms with E-state index in [1.807, 2.05) is 62.4 Å². The molecule has 5 nitrogen and oxygen atoms in total. The first kappa shape index (κ1) is 19.6. The molecule has 140 valence electrons. The molecule has 26 heavy (non-hydrogen) atoms. The number of anilines is 2. The molecule has 2 aromatic carbocycles. The second kappa shape index (κ2) is 9.70. The minimum atomic E-state index is -0.117. The van der Waals surface area contributed by atoms with Gasteiger partial charge in [-0.05, 0) is 56.2 Å². The third-order valence-electron chi connectivity index (χ3n) is 3.38. The molecule has 0 aliphatic heterocycles. The quantitative estimate of drug-likeness (QED) is 0.691. The zero-order valence-corrected chi connectivity index (χ0v) is 15.9. The number of rotatable bonds is 9. The maximum atomic E-state index is 12.1. The zero-order valence-electron chi connectivity index (χ0n) is 15.9. The van der Waals surface area contributed by atoms with Crippen LogP contribution in [0.5, 0.6) is 11.5 Å². The van der Waals surface area contributed by atoms with E-state index in [-0.39, 0.29) is 18.6 Å². The van der Waals surface area contributed by atoms with E-state index in [0.717, 1.165) is 22.9 Å². The van der Waals surface area contributed by atoms with Crippen LogP contribution in [0.2, 0.25) is 0 Å². The van der Waals surface area contributed by atoms with Gasteiger partial charge < -0.3 is 20.1 Å². The van der Waals surface area contributed by atoms with E-state index < -0.39 is 0 Å². The predicted octanol–water partition coefficient (Wildman–Crippen LogP) is 4.56. The summed E-state index contributed by atoms with van der Waals surface area (Å²) in [5, 5.41) is 5.97. The van der Waals surface area contributed by atoms with Crippen LogP contribution in [-0.4, -0.2) is 25.2 Å². The highest BCUT2D eigenvalue weighted by molar-refractivity contribution is 5.93. The molecule has 0 heterocycles. The number of benzene rings is 2. The van der Waals surface area contributed by atoms with Crippen molar-refractivity contribution in [1.29, 1.82) is 0 Å². The molecule has 0 aliphatic carbocycles. The van der Waals surface area contributed by atoms with Crippen molar-refractivity contribution in [2.24, 2.45) is 5.92 Å². The first-order valence-corrected chi connectivity index (χ1v) is 8.95. The van der Waals surface area contributed by atoms with Gasteiger partial charge in [0.1, 0.15) is 11.5 Å². The minimum Gasteiger partial charge on any atom is -0.493 e.